The number of benzene rings is 2. The van der Waals surface area contributed by atoms with Crippen LogP contribution in [0.5, 0.6) is 5.75 Å². The molecule has 0 fully saturated rings. The summed E-state index contributed by atoms with van der Waals surface area (Å²) in [6.07, 6.45) is -1.34. The smallest absolute Gasteiger partial charge is 0.417 e. The van der Waals surface area contributed by atoms with Crippen LogP contribution in [-0.2, 0) is 9.47 Å². The van der Waals surface area contributed by atoms with Gasteiger partial charge in [0.1, 0.15) is 17.0 Å². The van der Waals surface area contributed by atoms with Crippen LogP contribution in [0.3, 0.4) is 0 Å². The number of alkyl carbamates (subject to hydrolysis) is 1. The van der Waals surface area contributed by atoms with E-state index in [1.165, 1.54) is 4.90 Å². The Kier molecular flexibility index (Phi) is 7.93. The molecule has 36 heavy (non-hydrogen) atoms. The summed E-state index contributed by atoms with van der Waals surface area (Å²) in [5.74, 6) is 7.10. The Balaban J connectivity index is 1.96. The summed E-state index contributed by atoms with van der Waals surface area (Å²) in [5.41, 5.74) is 0.782. The molecule has 1 heterocycles. The molecule has 190 valence electrons. The first-order valence-electron chi connectivity index (χ1n) is 11.7. The second kappa shape index (κ2) is 10.7. The van der Waals surface area contributed by atoms with Crippen LogP contribution in [-0.4, -0.2) is 47.9 Å². The van der Waals surface area contributed by atoms with Gasteiger partial charge in [-0.1, -0.05) is 42.2 Å². The summed E-state index contributed by atoms with van der Waals surface area (Å²) < 4.78 is 16.4. The van der Waals surface area contributed by atoms with E-state index >= 15 is 0 Å². The first-order valence-corrected chi connectivity index (χ1v) is 11.7. The molecule has 2 amide bonds. The Hall–Kier alpha value is -3.99. The van der Waals surface area contributed by atoms with Gasteiger partial charge in [-0.05, 0) is 65.3 Å². The third-order valence-corrected chi connectivity index (χ3v) is 4.92. The zero-order valence-corrected chi connectivity index (χ0v) is 21.8. The van der Waals surface area contributed by atoms with Crippen LogP contribution < -0.4 is 10.1 Å². The number of rotatable bonds is 2. The third-order valence-electron chi connectivity index (χ3n) is 4.92. The number of carbonyl (C=O) groups is 2. The van der Waals surface area contributed by atoms with Crippen molar-refractivity contribution < 1.29 is 23.8 Å². The van der Waals surface area contributed by atoms with Gasteiger partial charge in [-0.2, -0.15) is 0 Å². The molecule has 0 aromatic heterocycles. The highest BCUT2D eigenvalue weighted by molar-refractivity contribution is 6.03. The monoisotopic (exact) mass is 491 g/mol. The van der Waals surface area contributed by atoms with Gasteiger partial charge in [0, 0.05) is 5.56 Å². The van der Waals surface area contributed by atoms with E-state index in [1.54, 1.807) is 48.7 Å². The lowest BCUT2D eigenvalue weighted by atomic mass is 9.99. The maximum absolute atomic E-state index is 13.3. The second-order valence-corrected chi connectivity index (χ2v) is 10.2. The van der Waals surface area contributed by atoms with Crippen molar-refractivity contribution >= 4 is 18.1 Å². The van der Waals surface area contributed by atoms with Crippen LogP contribution in [0, 0.1) is 11.8 Å². The number of para-hydroxylation sites is 1. The molecule has 1 unspecified atom stereocenters. The number of guanidine groups is 1. The summed E-state index contributed by atoms with van der Waals surface area (Å²) in [4.78, 5) is 31.5. The summed E-state index contributed by atoms with van der Waals surface area (Å²) in [5, 5.41) is 2.61. The number of hydrogen-bond donors (Lipinski definition) is 1. The number of methoxy groups -OCH3 is 1. The molecular weight excluding hydrogens is 458 g/mol. The van der Waals surface area contributed by atoms with Crippen molar-refractivity contribution in [2.24, 2.45) is 4.99 Å². The molecule has 0 saturated carbocycles. The predicted octanol–water partition coefficient (Wildman–Crippen LogP) is 5.27. The fraction of sp³-hybridized carbons (Fsp3) is 0.393. The minimum Gasteiger partial charge on any atom is -0.495 e. The number of ether oxygens (including phenoxy) is 3. The molecule has 1 aliphatic rings. The van der Waals surface area contributed by atoms with Crippen LogP contribution in [0.1, 0.15) is 64.3 Å². The van der Waals surface area contributed by atoms with Crippen molar-refractivity contribution in [2.75, 3.05) is 13.7 Å². The maximum atomic E-state index is 13.3. The lowest BCUT2D eigenvalue weighted by Crippen LogP contribution is -2.48. The summed E-state index contributed by atoms with van der Waals surface area (Å²) in [6.45, 7) is 10.8. The topological polar surface area (TPSA) is 89.5 Å². The van der Waals surface area contributed by atoms with Gasteiger partial charge in [0.05, 0.1) is 25.3 Å². The van der Waals surface area contributed by atoms with E-state index in [2.05, 4.69) is 22.2 Å². The van der Waals surface area contributed by atoms with E-state index < -0.39 is 29.4 Å². The molecule has 0 bridgehead atoms. The Labute approximate surface area is 212 Å². The van der Waals surface area contributed by atoms with Crippen LogP contribution in [0.4, 0.5) is 9.59 Å². The van der Waals surface area contributed by atoms with E-state index in [1.807, 2.05) is 48.5 Å². The number of hydrogen-bond acceptors (Lipinski definition) is 6. The van der Waals surface area contributed by atoms with E-state index in [0.29, 0.717) is 5.75 Å². The summed E-state index contributed by atoms with van der Waals surface area (Å²) in [7, 11) is 1.60. The number of amides is 2. The fourth-order valence-corrected chi connectivity index (χ4v) is 3.52. The molecule has 2 aromatic carbocycles. The van der Waals surface area contributed by atoms with Crippen molar-refractivity contribution in [1.29, 1.82) is 0 Å². The molecule has 2 aromatic rings. The molecule has 1 aliphatic heterocycles. The average Bonchev–Trinajstić information content (AvgIpc) is 3.18. The van der Waals surface area contributed by atoms with Gasteiger partial charge >= 0.3 is 12.2 Å². The highest BCUT2D eigenvalue weighted by atomic mass is 16.6. The van der Waals surface area contributed by atoms with Gasteiger partial charge in [-0.15, -0.1) is 0 Å². The van der Waals surface area contributed by atoms with Gasteiger partial charge in [0.2, 0.25) is 5.96 Å². The van der Waals surface area contributed by atoms with E-state index in [4.69, 9.17) is 14.2 Å². The molecule has 0 spiro atoms. The predicted molar refractivity (Wildman–Crippen MR) is 138 cm³/mol. The lowest BCUT2D eigenvalue weighted by molar-refractivity contribution is 0.0321. The summed E-state index contributed by atoms with van der Waals surface area (Å²) >= 11 is 0. The van der Waals surface area contributed by atoms with Crippen LogP contribution in [0.25, 0.3) is 0 Å². The van der Waals surface area contributed by atoms with Crippen molar-refractivity contribution in [3.8, 4) is 17.6 Å². The van der Waals surface area contributed by atoms with E-state index in [-0.39, 0.29) is 12.5 Å². The quantitative estimate of drug-likeness (QED) is 0.579. The van der Waals surface area contributed by atoms with Gasteiger partial charge in [0.15, 0.2) is 0 Å². The Bertz CT molecular complexity index is 1210. The minimum atomic E-state index is -0.746. The number of nitrogens with zero attached hydrogens (tertiary/aromatic N) is 2. The highest BCUT2D eigenvalue weighted by Gasteiger charge is 2.39. The molecular formula is C28H33N3O5. The zero-order chi connectivity index (χ0) is 26.5. The average molecular weight is 492 g/mol. The number of carbonyl (C=O) groups excluding carboxylic acids is 2. The van der Waals surface area contributed by atoms with Crippen molar-refractivity contribution in [3.63, 3.8) is 0 Å². The molecule has 1 atom stereocenters. The first kappa shape index (κ1) is 26.6. The van der Waals surface area contributed by atoms with Gasteiger partial charge < -0.3 is 14.2 Å². The normalized spacial score (nSPS) is 15.4. The Morgan fingerprint density at radius 3 is 2.14 bits per heavy atom. The second-order valence-electron chi connectivity index (χ2n) is 10.2. The fourth-order valence-electron chi connectivity index (χ4n) is 3.52. The van der Waals surface area contributed by atoms with Gasteiger partial charge in [-0.3, -0.25) is 5.32 Å². The van der Waals surface area contributed by atoms with Crippen LogP contribution in [0.2, 0.25) is 0 Å². The van der Waals surface area contributed by atoms with Crippen LogP contribution >= 0.6 is 0 Å². The van der Waals surface area contributed by atoms with E-state index in [9.17, 15) is 9.59 Å². The third kappa shape index (κ3) is 7.01. The van der Waals surface area contributed by atoms with Crippen molar-refractivity contribution in [1.82, 2.24) is 10.2 Å². The SMILES string of the molecule is COc1ccccc1C#Cc1ccccc1C1CN=C(NC(=O)OC(C)(C)C)N1C(=O)OC(C)(C)C. The molecule has 3 rings (SSSR count). The first-order chi connectivity index (χ1) is 16.9. The van der Waals surface area contributed by atoms with Gasteiger partial charge in [-0.25, -0.2) is 19.5 Å². The minimum absolute atomic E-state index is 0.0657. The lowest BCUT2D eigenvalue weighted by Gasteiger charge is -2.30. The molecule has 8 nitrogen and oxygen atoms in total. The molecule has 0 radical (unpaired) electrons. The van der Waals surface area contributed by atoms with Gasteiger partial charge in [0.25, 0.3) is 0 Å². The molecule has 0 saturated heterocycles. The standard InChI is InChI=1S/C28H33N3O5/c1-27(2,3)35-25(32)30-24-29-18-22(31(24)26(33)36-28(4,5)6)21-14-10-8-12-19(21)16-17-20-13-9-11-15-23(20)34-7/h8-15,22H,18H2,1-7H3,(H,29,30,32). The Morgan fingerprint density at radius 1 is 0.917 bits per heavy atom. The molecule has 1 N–H and O–H groups in total. The van der Waals surface area contributed by atoms with Crippen molar-refractivity contribution in [2.45, 2.75) is 58.8 Å². The summed E-state index contributed by atoms with van der Waals surface area (Å²) in [6, 6.07) is 14.5. The van der Waals surface area contributed by atoms with Crippen molar-refractivity contribution in [3.05, 3.63) is 65.2 Å². The highest BCUT2D eigenvalue weighted by Crippen LogP contribution is 2.30. The van der Waals surface area contributed by atoms with Crippen LogP contribution in [0.15, 0.2) is 53.5 Å². The number of aliphatic imine (C=N–C) groups is 1. The molecule has 0 aliphatic carbocycles. The van der Waals surface area contributed by atoms with E-state index in [0.717, 1.165) is 16.7 Å². The Morgan fingerprint density at radius 2 is 1.50 bits per heavy atom. The number of nitrogens with one attached hydrogen (secondary N) is 1. The zero-order valence-electron chi connectivity index (χ0n) is 21.8. The molecule has 8 heteroatoms. The maximum Gasteiger partial charge on any atom is 0.417 e. The largest absolute Gasteiger partial charge is 0.495 e.